The summed E-state index contributed by atoms with van der Waals surface area (Å²) in [6.07, 6.45) is 3.01. The van der Waals surface area contributed by atoms with Crippen LogP contribution in [0, 0.1) is 5.92 Å². The van der Waals surface area contributed by atoms with Gasteiger partial charge in [0, 0.05) is 11.5 Å². The van der Waals surface area contributed by atoms with Crippen LogP contribution in [0.3, 0.4) is 0 Å². The number of carbonyl (C=O) groups excluding carboxylic acids is 2. The summed E-state index contributed by atoms with van der Waals surface area (Å²) in [6.45, 7) is 1.15. The summed E-state index contributed by atoms with van der Waals surface area (Å²) in [6, 6.07) is 19.9. The molecule has 1 amide bonds. The SMILES string of the molecule is O=C(c1ccc2c3c(cccc13)CC2)C1CC2COCC(C1)N2C(=O)OCc1ccccc1. The number of benzene rings is 3. The van der Waals surface area contributed by atoms with E-state index in [1.165, 1.54) is 16.5 Å². The Kier molecular flexibility index (Phi) is 5.14. The number of amides is 1. The summed E-state index contributed by atoms with van der Waals surface area (Å²) in [5.41, 5.74) is 4.47. The molecule has 2 fully saturated rings. The number of ketones is 1. The molecular weight excluding hydrogens is 414 g/mol. The fraction of sp³-hybridized carbons (Fsp3) is 0.357. The summed E-state index contributed by atoms with van der Waals surface area (Å²) in [5.74, 6) is 0.0836. The zero-order chi connectivity index (χ0) is 22.4. The molecule has 2 saturated heterocycles. The molecule has 2 heterocycles. The number of ether oxygens (including phenoxy) is 2. The Bertz CT molecular complexity index is 1200. The molecule has 2 atom stereocenters. The Morgan fingerprint density at radius 2 is 1.61 bits per heavy atom. The molecule has 5 nitrogen and oxygen atoms in total. The van der Waals surface area contributed by atoms with E-state index in [1.807, 2.05) is 41.3 Å². The van der Waals surface area contributed by atoms with Crippen LogP contribution in [0.15, 0.2) is 60.7 Å². The summed E-state index contributed by atoms with van der Waals surface area (Å²) in [4.78, 5) is 28.5. The van der Waals surface area contributed by atoms with Gasteiger partial charge in [-0.3, -0.25) is 9.69 Å². The lowest BCUT2D eigenvalue weighted by atomic mass is 9.80. The van der Waals surface area contributed by atoms with E-state index in [4.69, 9.17) is 9.47 Å². The van der Waals surface area contributed by atoms with E-state index in [9.17, 15) is 9.59 Å². The Morgan fingerprint density at radius 3 is 2.36 bits per heavy atom. The van der Waals surface area contributed by atoms with Crippen molar-refractivity contribution in [1.82, 2.24) is 4.90 Å². The van der Waals surface area contributed by atoms with E-state index in [2.05, 4.69) is 24.3 Å². The van der Waals surface area contributed by atoms with Gasteiger partial charge in [0.15, 0.2) is 5.78 Å². The number of hydrogen-bond acceptors (Lipinski definition) is 4. The maximum atomic E-state index is 13.7. The van der Waals surface area contributed by atoms with Crippen molar-refractivity contribution in [2.75, 3.05) is 13.2 Å². The van der Waals surface area contributed by atoms with Crippen molar-refractivity contribution in [3.63, 3.8) is 0 Å². The van der Waals surface area contributed by atoms with Gasteiger partial charge in [0.1, 0.15) is 6.61 Å². The van der Waals surface area contributed by atoms with Gasteiger partial charge in [0.05, 0.1) is 25.3 Å². The van der Waals surface area contributed by atoms with Crippen LogP contribution in [0.2, 0.25) is 0 Å². The van der Waals surface area contributed by atoms with E-state index in [-0.39, 0.29) is 36.5 Å². The number of Topliss-reactive ketones (excluding diaryl/α,β-unsaturated/α-hetero) is 1. The molecule has 0 aromatic heterocycles. The molecule has 2 unspecified atom stereocenters. The second kappa shape index (κ2) is 8.31. The molecule has 33 heavy (non-hydrogen) atoms. The standard InChI is InChI=1S/C28H27NO4/c30-27(25-12-11-20-10-9-19-7-4-8-24(25)26(19)20)21-13-22-16-32-17-23(14-21)29(22)28(31)33-15-18-5-2-1-3-6-18/h1-8,11-12,21-23H,9-10,13-17H2. The lowest BCUT2D eigenvalue weighted by Crippen LogP contribution is -2.59. The minimum atomic E-state index is -0.312. The Morgan fingerprint density at radius 1 is 0.879 bits per heavy atom. The van der Waals surface area contributed by atoms with E-state index >= 15 is 0 Å². The third-order valence-electron chi connectivity index (χ3n) is 7.45. The highest BCUT2D eigenvalue weighted by atomic mass is 16.6. The molecule has 0 spiro atoms. The molecule has 2 bridgehead atoms. The van der Waals surface area contributed by atoms with Gasteiger partial charge < -0.3 is 9.47 Å². The highest BCUT2D eigenvalue weighted by Gasteiger charge is 2.44. The maximum absolute atomic E-state index is 13.7. The summed E-state index contributed by atoms with van der Waals surface area (Å²) >= 11 is 0. The first-order valence-corrected chi connectivity index (χ1v) is 11.8. The first kappa shape index (κ1) is 20.4. The number of morpholine rings is 1. The van der Waals surface area contributed by atoms with Crippen LogP contribution < -0.4 is 0 Å². The molecule has 2 aliphatic heterocycles. The zero-order valence-electron chi connectivity index (χ0n) is 18.5. The van der Waals surface area contributed by atoms with Crippen molar-refractivity contribution in [3.8, 4) is 0 Å². The van der Waals surface area contributed by atoms with Gasteiger partial charge in [-0.05, 0) is 53.1 Å². The van der Waals surface area contributed by atoms with Gasteiger partial charge in [-0.2, -0.15) is 0 Å². The second-order valence-corrected chi connectivity index (χ2v) is 9.44. The van der Waals surface area contributed by atoms with Gasteiger partial charge in [-0.15, -0.1) is 0 Å². The predicted octanol–water partition coefficient (Wildman–Crippen LogP) is 4.94. The second-order valence-electron chi connectivity index (χ2n) is 9.44. The zero-order valence-corrected chi connectivity index (χ0v) is 18.5. The third-order valence-corrected chi connectivity index (χ3v) is 7.45. The monoisotopic (exact) mass is 441 g/mol. The molecule has 0 saturated carbocycles. The largest absolute Gasteiger partial charge is 0.445 e. The molecule has 168 valence electrons. The minimum Gasteiger partial charge on any atom is -0.445 e. The number of rotatable bonds is 4. The predicted molar refractivity (Wildman–Crippen MR) is 125 cm³/mol. The highest BCUT2D eigenvalue weighted by molar-refractivity contribution is 6.11. The van der Waals surface area contributed by atoms with Crippen LogP contribution >= 0.6 is 0 Å². The number of piperidine rings is 1. The van der Waals surface area contributed by atoms with Gasteiger partial charge in [0.25, 0.3) is 0 Å². The van der Waals surface area contributed by atoms with Gasteiger partial charge in [-0.1, -0.05) is 60.7 Å². The van der Waals surface area contributed by atoms with E-state index in [0.717, 1.165) is 29.4 Å². The summed E-state index contributed by atoms with van der Waals surface area (Å²) in [5, 5.41) is 2.35. The van der Waals surface area contributed by atoms with Crippen LogP contribution in [0.4, 0.5) is 4.79 Å². The number of carbonyl (C=O) groups is 2. The van der Waals surface area contributed by atoms with Crippen LogP contribution in [0.1, 0.15) is 39.9 Å². The highest BCUT2D eigenvalue weighted by Crippen LogP contribution is 2.38. The Hall–Kier alpha value is -3.18. The van der Waals surface area contributed by atoms with Crippen molar-refractivity contribution < 1.29 is 19.1 Å². The number of fused-ring (bicyclic) bond motifs is 2. The fourth-order valence-corrected chi connectivity index (χ4v) is 5.90. The number of nitrogens with zero attached hydrogens (tertiary/aromatic N) is 1. The molecule has 3 aromatic carbocycles. The first-order valence-electron chi connectivity index (χ1n) is 11.8. The Labute approximate surface area is 193 Å². The average Bonchev–Trinajstić information content (AvgIpc) is 3.27. The van der Waals surface area contributed by atoms with Crippen LogP contribution in [0.5, 0.6) is 0 Å². The fourth-order valence-electron chi connectivity index (χ4n) is 5.90. The van der Waals surface area contributed by atoms with Crippen molar-refractivity contribution >= 4 is 22.6 Å². The minimum absolute atomic E-state index is 0.111. The van der Waals surface area contributed by atoms with Crippen LogP contribution in [-0.2, 0) is 28.9 Å². The van der Waals surface area contributed by atoms with Crippen molar-refractivity contribution in [1.29, 1.82) is 0 Å². The Balaban J connectivity index is 1.21. The normalized spacial score (nSPS) is 23.5. The smallest absolute Gasteiger partial charge is 0.410 e. The quantitative estimate of drug-likeness (QED) is 0.539. The first-order chi connectivity index (χ1) is 16.2. The van der Waals surface area contributed by atoms with Gasteiger partial charge >= 0.3 is 6.09 Å². The molecule has 6 rings (SSSR count). The lowest BCUT2D eigenvalue weighted by molar-refractivity contribution is -0.0755. The van der Waals surface area contributed by atoms with Crippen LogP contribution in [-0.4, -0.2) is 42.1 Å². The molecule has 5 heteroatoms. The number of hydrogen-bond donors (Lipinski definition) is 0. The molecular formula is C28H27NO4. The topological polar surface area (TPSA) is 55.8 Å². The summed E-state index contributed by atoms with van der Waals surface area (Å²) < 4.78 is 11.4. The molecule has 1 aliphatic carbocycles. The van der Waals surface area contributed by atoms with Crippen molar-refractivity contribution in [3.05, 3.63) is 82.9 Å². The third kappa shape index (κ3) is 3.61. The van der Waals surface area contributed by atoms with Gasteiger partial charge in [-0.25, -0.2) is 4.79 Å². The van der Waals surface area contributed by atoms with Crippen LogP contribution in [0.25, 0.3) is 10.8 Å². The van der Waals surface area contributed by atoms with E-state index in [1.54, 1.807) is 0 Å². The molecule has 3 aliphatic rings. The van der Waals surface area contributed by atoms with Crippen molar-refractivity contribution in [2.45, 2.75) is 44.4 Å². The molecule has 3 aromatic rings. The van der Waals surface area contributed by atoms with Crippen molar-refractivity contribution in [2.24, 2.45) is 5.92 Å². The molecule has 0 N–H and O–H groups in total. The van der Waals surface area contributed by atoms with E-state index < -0.39 is 0 Å². The average molecular weight is 442 g/mol. The number of aryl methyl sites for hydroxylation is 2. The van der Waals surface area contributed by atoms with E-state index in [0.29, 0.717) is 26.1 Å². The van der Waals surface area contributed by atoms with Gasteiger partial charge in [0.2, 0.25) is 0 Å². The lowest BCUT2D eigenvalue weighted by Gasteiger charge is -2.47. The molecule has 0 radical (unpaired) electrons. The maximum Gasteiger partial charge on any atom is 0.410 e. The summed E-state index contributed by atoms with van der Waals surface area (Å²) in [7, 11) is 0.